The molecule has 1 aliphatic rings. The lowest BCUT2D eigenvalue weighted by atomic mass is 9.81. The second-order valence-corrected chi connectivity index (χ2v) is 6.91. The Labute approximate surface area is 144 Å². The number of nitrogens with one attached hydrogen (secondary N) is 1. The standard InChI is InChI=1S/C21H26N2O/c1-23(2)20(24)21(14-6-7-15-22-21)16-17-10-12-19(13-11-17)18-8-4-3-5-9-18/h3-5,8-13,22H,6-7,14-16H2,1-2H3. The van der Waals surface area contributed by atoms with Crippen molar-refractivity contribution in [3.05, 3.63) is 60.2 Å². The summed E-state index contributed by atoms with van der Waals surface area (Å²) >= 11 is 0. The van der Waals surface area contributed by atoms with E-state index in [-0.39, 0.29) is 5.91 Å². The second-order valence-electron chi connectivity index (χ2n) is 6.91. The molecule has 1 atom stereocenters. The molecule has 3 heteroatoms. The average Bonchev–Trinajstić information content (AvgIpc) is 2.63. The highest BCUT2D eigenvalue weighted by atomic mass is 16.2. The highest BCUT2D eigenvalue weighted by Gasteiger charge is 2.40. The summed E-state index contributed by atoms with van der Waals surface area (Å²) in [6.07, 6.45) is 3.91. The van der Waals surface area contributed by atoms with Crippen LogP contribution in [0.2, 0.25) is 0 Å². The third-order valence-corrected chi connectivity index (χ3v) is 4.88. The second kappa shape index (κ2) is 7.18. The van der Waals surface area contributed by atoms with Gasteiger partial charge in [0.15, 0.2) is 0 Å². The fourth-order valence-corrected chi connectivity index (χ4v) is 3.60. The third-order valence-electron chi connectivity index (χ3n) is 4.88. The van der Waals surface area contributed by atoms with Crippen LogP contribution in [-0.2, 0) is 11.2 Å². The molecule has 2 aromatic carbocycles. The first-order chi connectivity index (χ1) is 11.6. The van der Waals surface area contributed by atoms with Crippen molar-refractivity contribution in [2.45, 2.75) is 31.2 Å². The molecule has 3 rings (SSSR count). The van der Waals surface area contributed by atoms with Gasteiger partial charge in [-0.2, -0.15) is 0 Å². The lowest BCUT2D eigenvalue weighted by molar-refractivity contribution is -0.136. The molecule has 0 spiro atoms. The van der Waals surface area contributed by atoms with Crippen LogP contribution in [0.3, 0.4) is 0 Å². The minimum Gasteiger partial charge on any atom is -0.347 e. The van der Waals surface area contributed by atoms with E-state index in [2.05, 4.69) is 53.8 Å². The van der Waals surface area contributed by atoms with Gasteiger partial charge in [-0.1, -0.05) is 54.6 Å². The molecule has 3 nitrogen and oxygen atoms in total. The Kier molecular flexibility index (Phi) is 5.00. The number of hydrogen-bond acceptors (Lipinski definition) is 2. The number of nitrogens with zero attached hydrogens (tertiary/aromatic N) is 1. The Hall–Kier alpha value is -2.13. The van der Waals surface area contributed by atoms with Crippen LogP contribution < -0.4 is 5.32 Å². The maximum atomic E-state index is 12.8. The van der Waals surface area contributed by atoms with Gasteiger partial charge >= 0.3 is 0 Å². The molecule has 1 saturated heterocycles. The summed E-state index contributed by atoms with van der Waals surface area (Å²) < 4.78 is 0. The van der Waals surface area contributed by atoms with Gasteiger partial charge in [0.25, 0.3) is 0 Å². The van der Waals surface area contributed by atoms with Crippen LogP contribution in [0, 0.1) is 0 Å². The summed E-state index contributed by atoms with van der Waals surface area (Å²) in [5.41, 5.74) is 3.19. The van der Waals surface area contributed by atoms with E-state index in [9.17, 15) is 4.79 Å². The fourth-order valence-electron chi connectivity index (χ4n) is 3.60. The van der Waals surface area contributed by atoms with Gasteiger partial charge in [0.1, 0.15) is 5.54 Å². The molecule has 0 aliphatic carbocycles. The molecule has 126 valence electrons. The summed E-state index contributed by atoms with van der Waals surface area (Å²) in [5, 5.41) is 3.52. The third kappa shape index (κ3) is 3.51. The molecule has 0 saturated carbocycles. The van der Waals surface area contributed by atoms with E-state index < -0.39 is 5.54 Å². The lowest BCUT2D eigenvalue weighted by Crippen LogP contribution is -2.60. The van der Waals surface area contributed by atoms with Gasteiger partial charge in [-0.15, -0.1) is 0 Å². The van der Waals surface area contributed by atoms with Gasteiger partial charge in [-0.3, -0.25) is 4.79 Å². The van der Waals surface area contributed by atoms with E-state index in [1.807, 2.05) is 20.2 Å². The molecule has 2 aromatic rings. The van der Waals surface area contributed by atoms with Gasteiger partial charge in [0, 0.05) is 14.1 Å². The predicted molar refractivity (Wildman–Crippen MR) is 98.9 cm³/mol. The smallest absolute Gasteiger partial charge is 0.242 e. The van der Waals surface area contributed by atoms with E-state index >= 15 is 0 Å². The zero-order valence-electron chi connectivity index (χ0n) is 14.6. The molecule has 24 heavy (non-hydrogen) atoms. The highest BCUT2D eigenvalue weighted by molar-refractivity contribution is 5.86. The van der Waals surface area contributed by atoms with Crippen LogP contribution in [0.4, 0.5) is 0 Å². The number of carbonyl (C=O) groups excluding carboxylic acids is 1. The van der Waals surface area contributed by atoms with Crippen LogP contribution in [0.25, 0.3) is 11.1 Å². The number of benzene rings is 2. The molecular weight excluding hydrogens is 296 g/mol. The van der Waals surface area contributed by atoms with Gasteiger partial charge in [0.05, 0.1) is 0 Å². The van der Waals surface area contributed by atoms with Gasteiger partial charge in [-0.25, -0.2) is 0 Å². The quantitative estimate of drug-likeness (QED) is 0.934. The Morgan fingerprint density at radius 1 is 1.00 bits per heavy atom. The average molecular weight is 322 g/mol. The van der Waals surface area contributed by atoms with Crippen molar-refractivity contribution in [1.29, 1.82) is 0 Å². The van der Waals surface area contributed by atoms with Crippen LogP contribution in [0.1, 0.15) is 24.8 Å². The van der Waals surface area contributed by atoms with E-state index in [0.717, 1.165) is 32.2 Å². The van der Waals surface area contributed by atoms with Crippen LogP contribution in [0.15, 0.2) is 54.6 Å². The number of piperidine rings is 1. The first-order valence-electron chi connectivity index (χ1n) is 8.72. The van der Waals surface area contributed by atoms with Crippen LogP contribution in [0.5, 0.6) is 0 Å². The van der Waals surface area contributed by atoms with Crippen molar-refractivity contribution in [3.63, 3.8) is 0 Å². The highest BCUT2D eigenvalue weighted by Crippen LogP contribution is 2.27. The van der Waals surface area contributed by atoms with Crippen molar-refractivity contribution >= 4 is 5.91 Å². The number of amides is 1. The zero-order valence-corrected chi connectivity index (χ0v) is 14.6. The van der Waals surface area contributed by atoms with Gasteiger partial charge < -0.3 is 10.2 Å². The van der Waals surface area contributed by atoms with Crippen molar-refractivity contribution in [1.82, 2.24) is 10.2 Å². The summed E-state index contributed by atoms with van der Waals surface area (Å²) in [6.45, 7) is 0.918. The first kappa shape index (κ1) is 16.7. The number of rotatable bonds is 4. The molecule has 1 heterocycles. The maximum absolute atomic E-state index is 12.8. The monoisotopic (exact) mass is 322 g/mol. The largest absolute Gasteiger partial charge is 0.347 e. The zero-order chi connectivity index (χ0) is 17.0. The fraction of sp³-hybridized carbons (Fsp3) is 0.381. The number of likely N-dealkylation sites (N-methyl/N-ethyl adjacent to an activating group) is 1. The molecule has 1 aliphatic heterocycles. The summed E-state index contributed by atoms with van der Waals surface area (Å²) in [7, 11) is 3.69. The van der Waals surface area contributed by atoms with Gasteiger partial charge in [0.2, 0.25) is 5.91 Å². The molecule has 0 radical (unpaired) electrons. The summed E-state index contributed by atoms with van der Waals surface area (Å²) in [6, 6.07) is 19.0. The van der Waals surface area contributed by atoms with E-state index in [0.29, 0.717) is 0 Å². The van der Waals surface area contributed by atoms with Crippen molar-refractivity contribution in [2.24, 2.45) is 0 Å². The topological polar surface area (TPSA) is 32.3 Å². The maximum Gasteiger partial charge on any atom is 0.242 e. The van der Waals surface area contributed by atoms with Gasteiger partial charge in [-0.05, 0) is 48.9 Å². The van der Waals surface area contributed by atoms with Crippen molar-refractivity contribution in [3.8, 4) is 11.1 Å². The number of hydrogen-bond donors (Lipinski definition) is 1. The molecule has 1 amide bonds. The van der Waals surface area contributed by atoms with Crippen LogP contribution >= 0.6 is 0 Å². The van der Waals surface area contributed by atoms with Crippen molar-refractivity contribution < 1.29 is 4.79 Å². The Balaban J connectivity index is 1.81. The molecule has 0 aromatic heterocycles. The van der Waals surface area contributed by atoms with E-state index in [4.69, 9.17) is 0 Å². The molecule has 1 N–H and O–H groups in total. The Morgan fingerprint density at radius 2 is 1.67 bits per heavy atom. The normalized spacial score (nSPS) is 20.6. The molecular formula is C21H26N2O. The number of carbonyl (C=O) groups is 1. The SMILES string of the molecule is CN(C)C(=O)C1(Cc2ccc(-c3ccccc3)cc2)CCCCN1. The van der Waals surface area contributed by atoms with E-state index in [1.165, 1.54) is 16.7 Å². The minimum absolute atomic E-state index is 0.189. The summed E-state index contributed by atoms with van der Waals surface area (Å²) in [5.74, 6) is 0.189. The molecule has 0 bridgehead atoms. The molecule has 1 fully saturated rings. The molecule has 1 unspecified atom stereocenters. The van der Waals surface area contributed by atoms with E-state index in [1.54, 1.807) is 4.90 Å². The predicted octanol–water partition coefficient (Wildman–Crippen LogP) is 3.50. The summed E-state index contributed by atoms with van der Waals surface area (Å²) in [4.78, 5) is 14.5. The lowest BCUT2D eigenvalue weighted by Gasteiger charge is -2.39. The van der Waals surface area contributed by atoms with Crippen LogP contribution in [-0.4, -0.2) is 37.0 Å². The Bertz CT molecular complexity index is 671. The first-order valence-corrected chi connectivity index (χ1v) is 8.72. The van der Waals surface area contributed by atoms with Crippen molar-refractivity contribution in [2.75, 3.05) is 20.6 Å². The Morgan fingerprint density at radius 3 is 2.25 bits per heavy atom. The minimum atomic E-state index is -0.448.